The van der Waals surface area contributed by atoms with E-state index in [9.17, 15) is 4.39 Å². The van der Waals surface area contributed by atoms with Crippen LogP contribution in [-0.4, -0.2) is 0 Å². The van der Waals surface area contributed by atoms with Gasteiger partial charge in [-0.1, -0.05) is 31.9 Å². The highest BCUT2D eigenvalue weighted by Crippen LogP contribution is 2.24. The fraction of sp³-hybridized carbons (Fsp3) is 0.125. The average Bonchev–Trinajstić information content (AvgIpc) is 2.03. The summed E-state index contributed by atoms with van der Waals surface area (Å²) in [6.45, 7) is 0. The van der Waals surface area contributed by atoms with Crippen LogP contribution >= 0.6 is 31.9 Å². The van der Waals surface area contributed by atoms with E-state index in [0.717, 1.165) is 5.56 Å². The summed E-state index contributed by atoms with van der Waals surface area (Å²) in [6, 6.07) is 4.50. The van der Waals surface area contributed by atoms with Crippen molar-refractivity contribution in [2.24, 2.45) is 0 Å². The third-order valence-corrected chi connectivity index (χ3v) is 2.68. The van der Waals surface area contributed by atoms with Gasteiger partial charge in [0.25, 0.3) is 0 Å². The predicted molar refractivity (Wildman–Crippen MR) is 51.4 cm³/mol. The van der Waals surface area contributed by atoms with Crippen LogP contribution < -0.4 is 0 Å². The molecule has 0 bridgehead atoms. The molecule has 0 N–H and O–H groups in total. The molecule has 0 aliphatic rings. The molecule has 0 aromatic heterocycles. The zero-order chi connectivity index (χ0) is 9.14. The maximum Gasteiger partial charge on any atom is 0.125 e. The third kappa shape index (κ3) is 1.85. The Morgan fingerprint density at radius 2 is 2.17 bits per heavy atom. The lowest BCUT2D eigenvalue weighted by molar-refractivity contribution is 0.626. The summed E-state index contributed by atoms with van der Waals surface area (Å²) in [5.74, 6) is -0.400. The Bertz CT molecular complexity index is 344. The second kappa shape index (κ2) is 4.01. The summed E-state index contributed by atoms with van der Waals surface area (Å²) < 4.78 is 13.4. The normalized spacial score (nSPS) is 9.50. The molecule has 0 heterocycles. The summed E-state index contributed by atoms with van der Waals surface area (Å²) in [7, 11) is 0. The second-order valence-corrected chi connectivity index (χ2v) is 3.57. The van der Waals surface area contributed by atoms with Gasteiger partial charge in [0.15, 0.2) is 0 Å². The first kappa shape index (κ1) is 9.69. The van der Waals surface area contributed by atoms with Crippen molar-refractivity contribution in [2.75, 3.05) is 0 Å². The topological polar surface area (TPSA) is 23.8 Å². The van der Waals surface area contributed by atoms with Crippen LogP contribution in [0.4, 0.5) is 4.39 Å². The highest BCUT2D eigenvalue weighted by Gasteiger charge is 2.07. The lowest BCUT2D eigenvalue weighted by atomic mass is 10.1. The molecule has 62 valence electrons. The molecule has 1 aromatic rings. The molecule has 0 aliphatic carbocycles. The Labute approximate surface area is 86.5 Å². The molecule has 0 unspecified atom stereocenters. The Hall–Kier alpha value is -0.400. The van der Waals surface area contributed by atoms with Crippen LogP contribution in [0.3, 0.4) is 0 Å². The van der Waals surface area contributed by atoms with E-state index in [2.05, 4.69) is 31.9 Å². The van der Waals surface area contributed by atoms with Gasteiger partial charge in [0.2, 0.25) is 0 Å². The van der Waals surface area contributed by atoms with Crippen LogP contribution in [0.5, 0.6) is 0 Å². The summed E-state index contributed by atoms with van der Waals surface area (Å²) in [5, 5.41) is 9.18. The first-order valence-electron chi connectivity index (χ1n) is 3.13. The molecule has 0 atom stereocenters. The van der Waals surface area contributed by atoms with Crippen LogP contribution in [0.1, 0.15) is 11.1 Å². The van der Waals surface area contributed by atoms with Gasteiger partial charge in [-0.05, 0) is 17.7 Å². The minimum Gasteiger partial charge on any atom is -0.207 e. The van der Waals surface area contributed by atoms with E-state index in [1.807, 2.05) is 6.07 Å². The average molecular weight is 293 g/mol. The van der Waals surface area contributed by atoms with Crippen molar-refractivity contribution in [3.8, 4) is 6.07 Å². The molecule has 0 amide bonds. The van der Waals surface area contributed by atoms with Gasteiger partial charge < -0.3 is 0 Å². The van der Waals surface area contributed by atoms with Crippen molar-refractivity contribution >= 4 is 31.9 Å². The number of alkyl halides is 1. The second-order valence-electron chi connectivity index (χ2n) is 2.16. The number of halogens is 3. The highest BCUT2D eigenvalue weighted by molar-refractivity contribution is 9.10. The van der Waals surface area contributed by atoms with Gasteiger partial charge in [0.05, 0.1) is 11.6 Å². The van der Waals surface area contributed by atoms with E-state index in [0.29, 0.717) is 15.4 Å². The lowest BCUT2D eigenvalue weighted by Gasteiger charge is -2.02. The van der Waals surface area contributed by atoms with E-state index >= 15 is 0 Å². The Morgan fingerprint density at radius 1 is 1.50 bits per heavy atom. The van der Waals surface area contributed by atoms with E-state index < -0.39 is 5.82 Å². The number of nitriles is 1. The quantitative estimate of drug-likeness (QED) is 0.728. The number of hydrogen-bond donors (Lipinski definition) is 0. The maximum absolute atomic E-state index is 12.7. The molecule has 12 heavy (non-hydrogen) atoms. The van der Waals surface area contributed by atoms with Crippen molar-refractivity contribution in [3.63, 3.8) is 0 Å². The molecule has 0 aliphatic heterocycles. The standard InChI is InChI=1S/C8H4Br2FN/c9-3-7-5(4-12)1-6(11)2-8(7)10/h1-2H,3H2. The SMILES string of the molecule is N#Cc1cc(F)cc(Br)c1CBr. The van der Waals surface area contributed by atoms with Crippen molar-refractivity contribution < 1.29 is 4.39 Å². The zero-order valence-corrected chi connectivity index (χ0v) is 9.11. The Kier molecular flexibility index (Phi) is 3.24. The molecule has 4 heteroatoms. The van der Waals surface area contributed by atoms with Gasteiger partial charge in [0, 0.05) is 9.80 Å². The lowest BCUT2D eigenvalue weighted by Crippen LogP contribution is -1.89. The van der Waals surface area contributed by atoms with Crippen LogP contribution in [0.15, 0.2) is 16.6 Å². The van der Waals surface area contributed by atoms with Gasteiger partial charge >= 0.3 is 0 Å². The van der Waals surface area contributed by atoms with E-state index in [4.69, 9.17) is 5.26 Å². The molecule has 0 radical (unpaired) electrons. The molecule has 1 rings (SSSR count). The van der Waals surface area contributed by atoms with Crippen molar-refractivity contribution in [2.45, 2.75) is 5.33 Å². The molecule has 1 nitrogen and oxygen atoms in total. The molecule has 1 aromatic carbocycles. The van der Waals surface area contributed by atoms with Gasteiger partial charge in [-0.3, -0.25) is 0 Å². The largest absolute Gasteiger partial charge is 0.207 e. The number of benzene rings is 1. The highest BCUT2D eigenvalue weighted by atomic mass is 79.9. The van der Waals surface area contributed by atoms with Crippen LogP contribution in [0.25, 0.3) is 0 Å². The summed E-state index contributed by atoms with van der Waals surface area (Å²) in [6.07, 6.45) is 0. The minimum absolute atomic E-state index is 0.360. The van der Waals surface area contributed by atoms with Crippen LogP contribution in [0.2, 0.25) is 0 Å². The summed E-state index contributed by atoms with van der Waals surface area (Å²) >= 11 is 6.40. The maximum atomic E-state index is 12.7. The molecule has 0 spiro atoms. The fourth-order valence-corrected chi connectivity index (χ4v) is 2.39. The van der Waals surface area contributed by atoms with Gasteiger partial charge in [-0.2, -0.15) is 5.26 Å². The fourth-order valence-electron chi connectivity index (χ4n) is 0.839. The van der Waals surface area contributed by atoms with E-state index in [1.54, 1.807) is 0 Å². The monoisotopic (exact) mass is 291 g/mol. The Morgan fingerprint density at radius 3 is 2.67 bits per heavy atom. The van der Waals surface area contributed by atoms with Gasteiger partial charge in [-0.15, -0.1) is 0 Å². The summed E-state index contributed by atoms with van der Waals surface area (Å²) in [4.78, 5) is 0. The van der Waals surface area contributed by atoms with Gasteiger partial charge in [-0.25, -0.2) is 4.39 Å². The first-order chi connectivity index (χ1) is 5.69. The van der Waals surface area contributed by atoms with Crippen molar-refractivity contribution in [1.29, 1.82) is 5.26 Å². The van der Waals surface area contributed by atoms with E-state index in [-0.39, 0.29) is 0 Å². The third-order valence-electron chi connectivity index (χ3n) is 1.41. The zero-order valence-electron chi connectivity index (χ0n) is 5.94. The minimum atomic E-state index is -0.400. The van der Waals surface area contributed by atoms with E-state index in [1.165, 1.54) is 12.1 Å². The number of rotatable bonds is 1. The molecule has 0 fully saturated rings. The molecular formula is C8H4Br2FN. The summed E-state index contributed by atoms with van der Waals surface area (Å²) in [5.41, 5.74) is 1.14. The number of nitrogens with zero attached hydrogens (tertiary/aromatic N) is 1. The predicted octanol–water partition coefficient (Wildman–Crippen LogP) is 3.35. The van der Waals surface area contributed by atoms with Crippen LogP contribution in [-0.2, 0) is 5.33 Å². The first-order valence-corrected chi connectivity index (χ1v) is 5.04. The van der Waals surface area contributed by atoms with Crippen molar-refractivity contribution in [1.82, 2.24) is 0 Å². The molecule has 0 saturated heterocycles. The van der Waals surface area contributed by atoms with Gasteiger partial charge in [0.1, 0.15) is 5.82 Å². The molecular weight excluding hydrogens is 289 g/mol. The number of hydrogen-bond acceptors (Lipinski definition) is 1. The smallest absolute Gasteiger partial charge is 0.125 e. The van der Waals surface area contributed by atoms with Crippen molar-refractivity contribution in [3.05, 3.63) is 33.5 Å². The molecule has 0 saturated carbocycles. The Balaban J connectivity index is 3.36. The van der Waals surface area contributed by atoms with Crippen LogP contribution in [0, 0.1) is 17.1 Å².